The van der Waals surface area contributed by atoms with Crippen molar-refractivity contribution in [2.75, 3.05) is 44.2 Å². The molecule has 0 atom stereocenters. The Kier molecular flexibility index (Phi) is 5.62. The molecule has 8 nitrogen and oxygen atoms in total. The molecule has 172 valence electrons. The second kappa shape index (κ2) is 8.73. The zero-order chi connectivity index (χ0) is 22.9. The lowest BCUT2D eigenvalue weighted by atomic mass is 9.95. The van der Waals surface area contributed by atoms with Gasteiger partial charge in [0, 0.05) is 50.9 Å². The molecule has 0 aliphatic carbocycles. The molecule has 2 aromatic carbocycles. The van der Waals surface area contributed by atoms with E-state index in [0.29, 0.717) is 63.5 Å². The van der Waals surface area contributed by atoms with Gasteiger partial charge in [-0.05, 0) is 43.2 Å². The number of H-pyrrole nitrogens is 1. The minimum absolute atomic E-state index is 0.113. The van der Waals surface area contributed by atoms with E-state index in [0.717, 1.165) is 16.7 Å². The lowest BCUT2D eigenvalue weighted by Crippen LogP contribution is -2.52. The maximum absolute atomic E-state index is 14.6. The lowest BCUT2D eigenvalue weighted by molar-refractivity contribution is -0.137. The highest BCUT2D eigenvalue weighted by Crippen LogP contribution is 2.29. The third-order valence-corrected chi connectivity index (χ3v) is 6.67. The first-order valence-electron chi connectivity index (χ1n) is 11.3. The van der Waals surface area contributed by atoms with Crippen LogP contribution in [0.4, 0.5) is 14.9 Å². The van der Waals surface area contributed by atoms with Gasteiger partial charge in [0.1, 0.15) is 11.6 Å². The largest absolute Gasteiger partial charge is 0.465 e. The van der Waals surface area contributed by atoms with Crippen molar-refractivity contribution in [1.29, 1.82) is 0 Å². The molecule has 0 spiro atoms. The number of fused-ring (bicyclic) bond motifs is 1. The molecule has 0 saturated carbocycles. The van der Waals surface area contributed by atoms with E-state index in [1.54, 1.807) is 6.07 Å². The molecule has 2 amide bonds. The second-order valence-corrected chi connectivity index (χ2v) is 8.62. The number of aromatic amines is 1. The Balaban J connectivity index is 1.24. The average Bonchev–Trinajstić information content (AvgIpc) is 3.28. The summed E-state index contributed by atoms with van der Waals surface area (Å²) in [5.74, 6) is 0.163. The summed E-state index contributed by atoms with van der Waals surface area (Å²) in [4.78, 5) is 37.1. The van der Waals surface area contributed by atoms with Gasteiger partial charge in [0.2, 0.25) is 5.91 Å². The number of piperazine rings is 1. The van der Waals surface area contributed by atoms with Crippen LogP contribution in [0.2, 0.25) is 0 Å². The topological polar surface area (TPSA) is 92.8 Å². The highest BCUT2D eigenvalue weighted by atomic mass is 19.1. The number of nitrogens with zero attached hydrogens (tertiary/aromatic N) is 4. The number of hydrogen-bond acceptors (Lipinski definition) is 4. The van der Waals surface area contributed by atoms with E-state index in [1.807, 2.05) is 35.2 Å². The maximum atomic E-state index is 14.6. The molecule has 1 aromatic heterocycles. The van der Waals surface area contributed by atoms with Crippen LogP contribution >= 0.6 is 0 Å². The van der Waals surface area contributed by atoms with E-state index in [9.17, 15) is 14.0 Å². The molecule has 9 heteroatoms. The van der Waals surface area contributed by atoms with Crippen LogP contribution in [0.5, 0.6) is 0 Å². The van der Waals surface area contributed by atoms with Gasteiger partial charge >= 0.3 is 6.09 Å². The number of benzene rings is 2. The van der Waals surface area contributed by atoms with E-state index >= 15 is 0 Å². The Morgan fingerprint density at radius 3 is 2.39 bits per heavy atom. The van der Waals surface area contributed by atoms with Crippen LogP contribution in [-0.4, -0.2) is 76.1 Å². The summed E-state index contributed by atoms with van der Waals surface area (Å²) in [6, 6.07) is 12.6. The number of carbonyl (C=O) groups excluding carboxylic acids is 1. The van der Waals surface area contributed by atoms with Crippen LogP contribution in [0.25, 0.3) is 22.4 Å². The first-order chi connectivity index (χ1) is 16.0. The first-order valence-corrected chi connectivity index (χ1v) is 11.3. The molecule has 2 aliphatic heterocycles. The van der Waals surface area contributed by atoms with Crippen molar-refractivity contribution < 1.29 is 19.1 Å². The van der Waals surface area contributed by atoms with Crippen molar-refractivity contribution in [2.24, 2.45) is 5.92 Å². The number of rotatable bonds is 3. The van der Waals surface area contributed by atoms with Gasteiger partial charge in [-0.3, -0.25) is 4.79 Å². The van der Waals surface area contributed by atoms with Crippen molar-refractivity contribution in [3.05, 3.63) is 48.3 Å². The standard InChI is InChI=1S/C24H26FN5O3/c25-19-6-5-17(15-18(19)22-26-20-3-1-2-4-21(20)27-22)28-11-13-29(14-12-28)23(31)16-7-9-30(10-8-16)24(32)33/h1-6,15-16H,7-14H2,(H,26,27)(H,32,33). The molecular formula is C24H26FN5O3. The molecule has 2 saturated heterocycles. The van der Waals surface area contributed by atoms with E-state index in [-0.39, 0.29) is 17.6 Å². The fraction of sp³-hybridized carbons (Fsp3) is 0.375. The van der Waals surface area contributed by atoms with Crippen LogP contribution in [0, 0.1) is 11.7 Å². The number of halogens is 1. The minimum atomic E-state index is -0.921. The number of imidazole rings is 1. The number of likely N-dealkylation sites (tertiary alicyclic amines) is 1. The number of amides is 2. The van der Waals surface area contributed by atoms with Gasteiger partial charge < -0.3 is 24.8 Å². The van der Waals surface area contributed by atoms with Gasteiger partial charge in [-0.2, -0.15) is 0 Å². The van der Waals surface area contributed by atoms with Crippen LogP contribution in [0.1, 0.15) is 12.8 Å². The Hall–Kier alpha value is -3.62. The number of nitrogens with one attached hydrogen (secondary N) is 1. The maximum Gasteiger partial charge on any atom is 0.407 e. The summed E-state index contributed by atoms with van der Waals surface area (Å²) in [5, 5.41) is 9.09. The predicted molar refractivity (Wildman–Crippen MR) is 123 cm³/mol. The van der Waals surface area contributed by atoms with Crippen LogP contribution in [0.3, 0.4) is 0 Å². The van der Waals surface area contributed by atoms with Gasteiger partial charge in [-0.1, -0.05) is 12.1 Å². The molecule has 2 N–H and O–H groups in total. The van der Waals surface area contributed by atoms with Crippen molar-refractivity contribution in [3.8, 4) is 11.4 Å². The zero-order valence-electron chi connectivity index (χ0n) is 18.2. The zero-order valence-corrected chi connectivity index (χ0v) is 18.2. The van der Waals surface area contributed by atoms with E-state index < -0.39 is 6.09 Å². The summed E-state index contributed by atoms with van der Waals surface area (Å²) >= 11 is 0. The molecule has 3 heterocycles. The Morgan fingerprint density at radius 1 is 0.970 bits per heavy atom. The molecule has 2 fully saturated rings. The molecular weight excluding hydrogens is 425 g/mol. The number of anilines is 1. The van der Waals surface area contributed by atoms with Crippen molar-refractivity contribution in [2.45, 2.75) is 12.8 Å². The number of hydrogen-bond donors (Lipinski definition) is 2. The highest BCUT2D eigenvalue weighted by molar-refractivity contribution is 5.81. The molecule has 0 unspecified atom stereocenters. The Morgan fingerprint density at radius 2 is 1.70 bits per heavy atom. The second-order valence-electron chi connectivity index (χ2n) is 8.62. The van der Waals surface area contributed by atoms with E-state index in [1.165, 1.54) is 11.0 Å². The number of piperidine rings is 1. The van der Waals surface area contributed by atoms with Gasteiger partial charge in [0.25, 0.3) is 0 Å². The molecule has 0 radical (unpaired) electrons. The minimum Gasteiger partial charge on any atom is -0.465 e. The number of para-hydroxylation sites is 2. The van der Waals surface area contributed by atoms with Crippen molar-refractivity contribution in [1.82, 2.24) is 19.8 Å². The Labute approximate surface area is 190 Å². The summed E-state index contributed by atoms with van der Waals surface area (Å²) in [6.07, 6.45) is 0.227. The van der Waals surface area contributed by atoms with Gasteiger partial charge in [0.05, 0.1) is 16.6 Å². The highest BCUT2D eigenvalue weighted by Gasteiger charge is 2.31. The smallest absolute Gasteiger partial charge is 0.407 e. The molecule has 33 heavy (non-hydrogen) atoms. The quantitative estimate of drug-likeness (QED) is 0.637. The fourth-order valence-electron chi connectivity index (χ4n) is 4.73. The van der Waals surface area contributed by atoms with Crippen LogP contribution in [0.15, 0.2) is 42.5 Å². The Bertz CT molecular complexity index is 1150. The fourth-order valence-corrected chi connectivity index (χ4v) is 4.73. The average molecular weight is 452 g/mol. The van der Waals surface area contributed by atoms with Gasteiger partial charge in [-0.15, -0.1) is 0 Å². The molecule has 0 bridgehead atoms. The van der Waals surface area contributed by atoms with Crippen molar-refractivity contribution in [3.63, 3.8) is 0 Å². The third kappa shape index (κ3) is 4.22. The molecule has 2 aliphatic rings. The van der Waals surface area contributed by atoms with E-state index in [4.69, 9.17) is 5.11 Å². The number of aromatic nitrogens is 2. The SMILES string of the molecule is O=C(O)N1CCC(C(=O)N2CCN(c3ccc(F)c(-c4nc5ccccc5[nH]4)c3)CC2)CC1. The summed E-state index contributed by atoms with van der Waals surface area (Å²) in [6.45, 7) is 3.32. The van der Waals surface area contributed by atoms with Crippen LogP contribution < -0.4 is 4.90 Å². The summed E-state index contributed by atoms with van der Waals surface area (Å²) in [7, 11) is 0. The monoisotopic (exact) mass is 451 g/mol. The normalized spacial score (nSPS) is 17.5. The summed E-state index contributed by atoms with van der Waals surface area (Å²) < 4.78 is 14.6. The molecule has 5 rings (SSSR count). The number of carboxylic acid groups (broad SMARTS) is 1. The first kappa shape index (κ1) is 21.2. The van der Waals surface area contributed by atoms with Crippen molar-refractivity contribution >= 4 is 28.7 Å². The van der Waals surface area contributed by atoms with Gasteiger partial charge in [-0.25, -0.2) is 14.2 Å². The van der Waals surface area contributed by atoms with E-state index in [2.05, 4.69) is 14.9 Å². The van der Waals surface area contributed by atoms with Crippen LogP contribution in [-0.2, 0) is 4.79 Å². The predicted octanol–water partition coefficient (Wildman–Crippen LogP) is 3.41. The third-order valence-electron chi connectivity index (χ3n) is 6.67. The summed E-state index contributed by atoms with van der Waals surface area (Å²) in [5.41, 5.74) is 2.97. The molecule has 3 aromatic rings. The lowest BCUT2D eigenvalue weighted by Gasteiger charge is -2.39. The number of carbonyl (C=O) groups is 2. The van der Waals surface area contributed by atoms with Gasteiger partial charge in [0.15, 0.2) is 0 Å².